The number of carbonyl (C=O) groups is 1. The predicted molar refractivity (Wildman–Crippen MR) is 121 cm³/mol. The monoisotopic (exact) mass is 506 g/mol. The highest BCUT2D eigenvalue weighted by Crippen LogP contribution is 2.15. The maximum Gasteiger partial charge on any atom is 0.222 e. The van der Waals surface area contributed by atoms with Crippen LogP contribution in [0.25, 0.3) is 0 Å². The van der Waals surface area contributed by atoms with Gasteiger partial charge in [-0.3, -0.25) is 4.79 Å². The van der Waals surface area contributed by atoms with Crippen LogP contribution in [0.4, 0.5) is 4.39 Å². The molecule has 1 heterocycles. The van der Waals surface area contributed by atoms with Gasteiger partial charge in [0.05, 0.1) is 6.54 Å². The predicted octanol–water partition coefficient (Wildman–Crippen LogP) is 3.17. The minimum atomic E-state index is -0.308. The van der Waals surface area contributed by atoms with E-state index in [1.165, 1.54) is 12.1 Å². The number of rotatable bonds is 10. The third-order valence-corrected chi connectivity index (χ3v) is 4.42. The molecule has 1 atom stereocenters. The lowest BCUT2D eigenvalue weighted by molar-refractivity contribution is -0.127. The zero-order chi connectivity index (χ0) is 19.5. The molecule has 1 fully saturated rings. The van der Waals surface area contributed by atoms with Gasteiger partial charge in [0.2, 0.25) is 5.91 Å². The van der Waals surface area contributed by atoms with E-state index < -0.39 is 0 Å². The minimum Gasteiger partial charge on any atom is -0.488 e. The van der Waals surface area contributed by atoms with Crippen LogP contribution < -0.4 is 15.4 Å². The van der Waals surface area contributed by atoms with Gasteiger partial charge in [-0.05, 0) is 38.3 Å². The van der Waals surface area contributed by atoms with Crippen LogP contribution in [0.3, 0.4) is 0 Å². The van der Waals surface area contributed by atoms with E-state index in [0.29, 0.717) is 18.7 Å². The number of carbonyl (C=O) groups excluding carboxylic acids is 1. The second-order valence-electron chi connectivity index (χ2n) is 6.59. The van der Waals surface area contributed by atoms with Crippen LogP contribution in [-0.4, -0.2) is 55.6 Å². The molecule has 1 saturated heterocycles. The van der Waals surface area contributed by atoms with E-state index in [1.807, 2.05) is 18.7 Å². The van der Waals surface area contributed by atoms with Gasteiger partial charge in [0, 0.05) is 38.7 Å². The van der Waals surface area contributed by atoms with Crippen molar-refractivity contribution in [3.05, 3.63) is 30.1 Å². The lowest BCUT2D eigenvalue weighted by Gasteiger charge is -2.18. The van der Waals surface area contributed by atoms with E-state index >= 15 is 0 Å². The van der Waals surface area contributed by atoms with Gasteiger partial charge in [-0.2, -0.15) is 0 Å². The van der Waals surface area contributed by atoms with Gasteiger partial charge in [-0.25, -0.2) is 9.38 Å². The summed E-state index contributed by atoms with van der Waals surface area (Å²) in [6, 6.07) is 6.17. The molecule has 0 aliphatic carbocycles. The van der Waals surface area contributed by atoms with Crippen molar-refractivity contribution in [2.24, 2.45) is 4.99 Å². The van der Waals surface area contributed by atoms with E-state index in [1.54, 1.807) is 12.1 Å². The van der Waals surface area contributed by atoms with Gasteiger partial charge in [-0.15, -0.1) is 24.0 Å². The van der Waals surface area contributed by atoms with Crippen molar-refractivity contribution in [1.82, 2.24) is 15.5 Å². The van der Waals surface area contributed by atoms with Crippen LogP contribution in [0, 0.1) is 5.82 Å². The highest BCUT2D eigenvalue weighted by atomic mass is 127. The molecule has 1 unspecified atom stereocenters. The summed E-state index contributed by atoms with van der Waals surface area (Å²) in [7, 11) is 0. The highest BCUT2D eigenvalue weighted by molar-refractivity contribution is 14.0. The number of likely N-dealkylation sites (tertiary alicyclic amines) is 1. The van der Waals surface area contributed by atoms with Crippen molar-refractivity contribution >= 4 is 35.8 Å². The Hall–Kier alpha value is -1.58. The van der Waals surface area contributed by atoms with Crippen molar-refractivity contribution in [3.63, 3.8) is 0 Å². The molecule has 0 saturated carbocycles. The van der Waals surface area contributed by atoms with Crippen LogP contribution in [0.2, 0.25) is 0 Å². The highest BCUT2D eigenvalue weighted by Gasteiger charge is 2.19. The van der Waals surface area contributed by atoms with Crippen molar-refractivity contribution in [1.29, 1.82) is 0 Å². The summed E-state index contributed by atoms with van der Waals surface area (Å²) in [5.74, 6) is 1.20. The number of ether oxygens (including phenoxy) is 1. The van der Waals surface area contributed by atoms with Crippen molar-refractivity contribution in [2.75, 3.05) is 32.7 Å². The zero-order valence-electron chi connectivity index (χ0n) is 16.7. The van der Waals surface area contributed by atoms with Gasteiger partial charge in [0.25, 0.3) is 0 Å². The van der Waals surface area contributed by atoms with E-state index in [2.05, 4.69) is 15.6 Å². The van der Waals surface area contributed by atoms with Gasteiger partial charge < -0.3 is 20.3 Å². The smallest absolute Gasteiger partial charge is 0.222 e. The maximum atomic E-state index is 13.3. The Morgan fingerprint density at radius 2 is 2.18 bits per heavy atom. The molecule has 1 aromatic rings. The molecule has 8 heteroatoms. The quantitative estimate of drug-likeness (QED) is 0.222. The average Bonchev–Trinajstić information content (AvgIpc) is 3.06. The molecule has 0 spiro atoms. The average molecular weight is 506 g/mol. The molecular formula is C20H32FIN4O2. The van der Waals surface area contributed by atoms with Crippen LogP contribution in [0.1, 0.15) is 39.5 Å². The summed E-state index contributed by atoms with van der Waals surface area (Å²) in [5, 5.41) is 6.51. The number of guanidine groups is 1. The van der Waals surface area contributed by atoms with Gasteiger partial charge >= 0.3 is 0 Å². The summed E-state index contributed by atoms with van der Waals surface area (Å²) in [4.78, 5) is 18.1. The summed E-state index contributed by atoms with van der Waals surface area (Å²) in [5.41, 5.74) is 0. The third kappa shape index (κ3) is 8.62. The second-order valence-corrected chi connectivity index (χ2v) is 6.59. The molecule has 28 heavy (non-hydrogen) atoms. The number of benzene rings is 1. The molecular weight excluding hydrogens is 474 g/mol. The Morgan fingerprint density at radius 3 is 2.82 bits per heavy atom. The summed E-state index contributed by atoms with van der Waals surface area (Å²) < 4.78 is 19.1. The molecule has 2 rings (SSSR count). The molecule has 0 bridgehead atoms. The van der Waals surface area contributed by atoms with Crippen LogP contribution in [0.5, 0.6) is 5.75 Å². The fourth-order valence-corrected chi connectivity index (χ4v) is 2.93. The van der Waals surface area contributed by atoms with Crippen molar-refractivity contribution < 1.29 is 13.9 Å². The third-order valence-electron chi connectivity index (χ3n) is 4.42. The Morgan fingerprint density at radius 1 is 1.36 bits per heavy atom. The molecule has 0 aromatic heterocycles. The molecule has 1 aromatic carbocycles. The molecule has 6 nitrogen and oxygen atoms in total. The summed E-state index contributed by atoms with van der Waals surface area (Å²) in [6.45, 7) is 7.68. The second kappa shape index (κ2) is 13.6. The fourth-order valence-electron chi connectivity index (χ4n) is 2.93. The van der Waals surface area contributed by atoms with E-state index in [0.717, 1.165) is 51.4 Å². The van der Waals surface area contributed by atoms with E-state index in [4.69, 9.17) is 4.74 Å². The number of hydrogen-bond acceptors (Lipinski definition) is 3. The normalized spacial score (nSPS) is 15.2. The van der Waals surface area contributed by atoms with Gasteiger partial charge in [-0.1, -0.05) is 13.0 Å². The lowest BCUT2D eigenvalue weighted by Crippen LogP contribution is -2.39. The number of hydrogen-bond donors (Lipinski definition) is 2. The Balaban J connectivity index is 0.00000392. The lowest BCUT2D eigenvalue weighted by atomic mass is 10.2. The standard InChI is InChI=1S/C20H31FN4O2.HI/c1-3-17(27-18-9-5-8-16(21)14-18)15-24-20(22-4-2)23-11-7-13-25-12-6-10-19(25)26;/h5,8-9,14,17H,3-4,6-7,10-13,15H2,1-2H3,(H2,22,23,24);1H. The molecule has 1 aliphatic rings. The molecule has 2 N–H and O–H groups in total. The Bertz CT molecular complexity index is 630. The SMILES string of the molecule is CCNC(=NCC(CC)Oc1cccc(F)c1)NCCCN1CCCC1=O.I. The topological polar surface area (TPSA) is 66.0 Å². The summed E-state index contributed by atoms with van der Waals surface area (Å²) in [6.07, 6.45) is 3.19. The minimum absolute atomic E-state index is 0. The summed E-state index contributed by atoms with van der Waals surface area (Å²) >= 11 is 0. The molecule has 0 radical (unpaired) electrons. The Labute approximate surface area is 184 Å². The van der Waals surface area contributed by atoms with Crippen molar-refractivity contribution in [2.45, 2.75) is 45.6 Å². The maximum absolute atomic E-state index is 13.3. The van der Waals surface area contributed by atoms with Crippen LogP contribution >= 0.6 is 24.0 Å². The fraction of sp³-hybridized carbons (Fsp3) is 0.600. The number of aliphatic imine (C=N–C) groups is 1. The van der Waals surface area contributed by atoms with Crippen molar-refractivity contribution in [3.8, 4) is 5.75 Å². The first-order valence-corrected chi connectivity index (χ1v) is 9.84. The zero-order valence-corrected chi connectivity index (χ0v) is 19.1. The largest absolute Gasteiger partial charge is 0.488 e. The van der Waals surface area contributed by atoms with E-state index in [-0.39, 0.29) is 41.8 Å². The first-order chi connectivity index (χ1) is 13.1. The number of nitrogens with zero attached hydrogens (tertiary/aromatic N) is 2. The van der Waals surface area contributed by atoms with E-state index in [9.17, 15) is 9.18 Å². The first-order valence-electron chi connectivity index (χ1n) is 9.84. The van der Waals surface area contributed by atoms with Gasteiger partial charge in [0.15, 0.2) is 5.96 Å². The molecule has 1 aliphatic heterocycles. The Kier molecular flexibility index (Phi) is 11.9. The van der Waals surface area contributed by atoms with Crippen LogP contribution in [-0.2, 0) is 4.79 Å². The van der Waals surface area contributed by atoms with Gasteiger partial charge in [0.1, 0.15) is 17.7 Å². The number of halogens is 2. The number of amides is 1. The molecule has 1 amide bonds. The number of nitrogens with one attached hydrogen (secondary N) is 2. The first kappa shape index (κ1) is 24.5. The van der Waals surface area contributed by atoms with Crippen LogP contribution in [0.15, 0.2) is 29.3 Å². The molecule has 158 valence electrons.